The van der Waals surface area contributed by atoms with Gasteiger partial charge in [0, 0.05) is 5.38 Å². The van der Waals surface area contributed by atoms with Gasteiger partial charge in [-0.05, 0) is 46.8 Å². The van der Waals surface area contributed by atoms with Gasteiger partial charge >= 0.3 is 12.1 Å². The minimum Gasteiger partial charge on any atom is -0.461 e. The van der Waals surface area contributed by atoms with E-state index in [1.807, 2.05) is 0 Å². The Bertz CT molecular complexity index is 947. The second-order valence-electron chi connectivity index (χ2n) is 7.22. The number of nitrogens with zero attached hydrogens (tertiary/aromatic N) is 3. The molecule has 0 N–H and O–H groups in total. The fourth-order valence-electron chi connectivity index (χ4n) is 2.76. The molecule has 1 atom stereocenters. The van der Waals surface area contributed by atoms with Crippen molar-refractivity contribution in [2.24, 2.45) is 0 Å². The van der Waals surface area contributed by atoms with Crippen molar-refractivity contribution in [2.75, 3.05) is 6.61 Å². The SMILES string of the molecule is CCOC(=O)c1csc(-c2ccc3c(n2)C(C)N(C(=O)OC(C)(C)C)C3=O)n1. The highest BCUT2D eigenvalue weighted by Gasteiger charge is 2.41. The number of thiazole rings is 1. The zero-order valence-corrected chi connectivity index (χ0v) is 17.1. The molecule has 0 radical (unpaired) electrons. The molecule has 1 unspecified atom stereocenters. The Morgan fingerprint density at radius 2 is 1.96 bits per heavy atom. The van der Waals surface area contributed by atoms with E-state index in [0.29, 0.717) is 22.0 Å². The molecule has 0 aromatic carbocycles. The predicted octanol–water partition coefficient (Wildman–Crippen LogP) is 3.83. The number of carbonyl (C=O) groups excluding carboxylic acids is 3. The Morgan fingerprint density at radius 3 is 2.61 bits per heavy atom. The van der Waals surface area contributed by atoms with E-state index in [0.717, 1.165) is 4.90 Å². The second kappa shape index (κ2) is 7.31. The number of fused-ring (bicyclic) bond motifs is 1. The molecule has 0 saturated carbocycles. The van der Waals surface area contributed by atoms with Crippen molar-refractivity contribution in [1.82, 2.24) is 14.9 Å². The summed E-state index contributed by atoms with van der Waals surface area (Å²) in [5.74, 6) is -0.937. The highest BCUT2D eigenvalue weighted by Crippen LogP contribution is 2.35. The molecule has 3 heterocycles. The first-order valence-corrected chi connectivity index (χ1v) is 9.71. The summed E-state index contributed by atoms with van der Waals surface area (Å²) in [4.78, 5) is 46.8. The first-order chi connectivity index (χ1) is 13.1. The van der Waals surface area contributed by atoms with Gasteiger partial charge in [-0.3, -0.25) is 4.79 Å². The minimum atomic E-state index is -0.713. The average Bonchev–Trinajstić information content (AvgIpc) is 3.18. The van der Waals surface area contributed by atoms with Gasteiger partial charge in [0.05, 0.1) is 29.6 Å². The third-order valence-corrected chi connectivity index (χ3v) is 4.82. The molecule has 1 aliphatic heterocycles. The van der Waals surface area contributed by atoms with Crippen LogP contribution >= 0.6 is 11.3 Å². The van der Waals surface area contributed by atoms with E-state index in [9.17, 15) is 14.4 Å². The lowest BCUT2D eigenvalue weighted by molar-refractivity contribution is 0.0200. The van der Waals surface area contributed by atoms with E-state index >= 15 is 0 Å². The molecule has 2 amide bonds. The van der Waals surface area contributed by atoms with Gasteiger partial charge in [0.15, 0.2) is 5.69 Å². The summed E-state index contributed by atoms with van der Waals surface area (Å²) >= 11 is 1.25. The standard InChI is InChI=1S/C19H21N3O5S/c1-6-26-17(24)13-9-28-15(21-13)12-8-7-11-14(20-12)10(2)22(16(11)23)18(25)27-19(3,4)5/h7-10H,6H2,1-5H3. The summed E-state index contributed by atoms with van der Waals surface area (Å²) < 4.78 is 10.3. The number of carbonyl (C=O) groups is 3. The average molecular weight is 403 g/mol. The van der Waals surface area contributed by atoms with Gasteiger partial charge in [-0.2, -0.15) is 0 Å². The van der Waals surface area contributed by atoms with Crippen LogP contribution in [0.3, 0.4) is 0 Å². The van der Waals surface area contributed by atoms with Crippen LogP contribution in [-0.4, -0.2) is 45.0 Å². The number of hydrogen-bond acceptors (Lipinski definition) is 8. The van der Waals surface area contributed by atoms with Crippen LogP contribution in [0, 0.1) is 0 Å². The van der Waals surface area contributed by atoms with Gasteiger partial charge in [-0.1, -0.05) is 0 Å². The first kappa shape index (κ1) is 19.9. The van der Waals surface area contributed by atoms with Crippen molar-refractivity contribution >= 4 is 29.3 Å². The van der Waals surface area contributed by atoms with Crippen LogP contribution in [0.15, 0.2) is 17.5 Å². The van der Waals surface area contributed by atoms with Crippen molar-refractivity contribution in [3.05, 3.63) is 34.5 Å². The maximum atomic E-state index is 12.7. The summed E-state index contributed by atoms with van der Waals surface area (Å²) in [6.45, 7) is 8.93. The quantitative estimate of drug-likeness (QED) is 0.718. The second-order valence-corrected chi connectivity index (χ2v) is 8.08. The Kier molecular flexibility index (Phi) is 5.20. The normalized spacial score (nSPS) is 16.1. The summed E-state index contributed by atoms with van der Waals surface area (Å²) in [5, 5.41) is 2.13. The molecule has 0 bridgehead atoms. The van der Waals surface area contributed by atoms with Crippen LogP contribution < -0.4 is 0 Å². The van der Waals surface area contributed by atoms with Gasteiger partial charge in [0.1, 0.15) is 10.6 Å². The molecular weight excluding hydrogens is 382 g/mol. The highest BCUT2D eigenvalue weighted by atomic mass is 32.1. The summed E-state index contributed by atoms with van der Waals surface area (Å²) in [6.07, 6.45) is -0.705. The van der Waals surface area contributed by atoms with Crippen molar-refractivity contribution in [2.45, 2.75) is 46.3 Å². The van der Waals surface area contributed by atoms with Crippen LogP contribution in [0.25, 0.3) is 10.7 Å². The Labute approximate surface area is 166 Å². The molecule has 0 saturated heterocycles. The zero-order valence-electron chi connectivity index (χ0n) is 16.3. The molecule has 0 fully saturated rings. The van der Waals surface area contributed by atoms with E-state index in [1.165, 1.54) is 11.3 Å². The largest absolute Gasteiger partial charge is 0.461 e. The minimum absolute atomic E-state index is 0.212. The Morgan fingerprint density at radius 1 is 1.25 bits per heavy atom. The van der Waals surface area contributed by atoms with Crippen LogP contribution in [-0.2, 0) is 9.47 Å². The molecule has 1 aliphatic rings. The number of rotatable bonds is 3. The van der Waals surface area contributed by atoms with Crippen LogP contribution in [0.5, 0.6) is 0 Å². The number of pyridine rings is 1. The summed E-state index contributed by atoms with van der Waals surface area (Å²) in [7, 11) is 0. The van der Waals surface area contributed by atoms with Crippen LogP contribution in [0.4, 0.5) is 4.79 Å². The number of hydrogen-bond donors (Lipinski definition) is 0. The fourth-order valence-corrected chi connectivity index (χ4v) is 3.52. The molecule has 9 heteroatoms. The van der Waals surface area contributed by atoms with Crippen LogP contribution in [0.1, 0.15) is 67.2 Å². The van der Waals surface area contributed by atoms with Crippen LogP contribution in [0.2, 0.25) is 0 Å². The topological polar surface area (TPSA) is 98.7 Å². The zero-order chi connectivity index (χ0) is 20.6. The number of imide groups is 1. The molecule has 8 nitrogen and oxygen atoms in total. The monoisotopic (exact) mass is 403 g/mol. The molecule has 2 aromatic rings. The predicted molar refractivity (Wildman–Crippen MR) is 102 cm³/mol. The lowest BCUT2D eigenvalue weighted by Crippen LogP contribution is -2.38. The van der Waals surface area contributed by atoms with Crippen molar-refractivity contribution in [1.29, 1.82) is 0 Å². The molecule has 28 heavy (non-hydrogen) atoms. The third kappa shape index (κ3) is 3.75. The van der Waals surface area contributed by atoms with Crippen molar-refractivity contribution < 1.29 is 23.9 Å². The van der Waals surface area contributed by atoms with Gasteiger partial charge in [-0.25, -0.2) is 24.5 Å². The van der Waals surface area contributed by atoms with Gasteiger partial charge in [-0.15, -0.1) is 11.3 Å². The lowest BCUT2D eigenvalue weighted by Gasteiger charge is -2.25. The van der Waals surface area contributed by atoms with E-state index in [1.54, 1.807) is 52.1 Å². The maximum Gasteiger partial charge on any atom is 0.417 e. The van der Waals surface area contributed by atoms with E-state index in [2.05, 4.69) is 9.97 Å². The molecule has 3 rings (SSSR count). The molecular formula is C19H21N3O5S. The van der Waals surface area contributed by atoms with Crippen molar-refractivity contribution in [3.8, 4) is 10.7 Å². The van der Waals surface area contributed by atoms with Gasteiger partial charge in [0.2, 0.25) is 0 Å². The number of aromatic nitrogens is 2. The molecule has 2 aromatic heterocycles. The van der Waals surface area contributed by atoms with E-state index in [-0.39, 0.29) is 12.3 Å². The number of amides is 2. The molecule has 148 valence electrons. The Balaban J connectivity index is 1.89. The summed E-state index contributed by atoms with van der Waals surface area (Å²) in [6, 6.07) is 2.70. The maximum absolute atomic E-state index is 12.7. The fraction of sp³-hybridized carbons (Fsp3) is 0.421. The first-order valence-electron chi connectivity index (χ1n) is 8.83. The lowest BCUT2D eigenvalue weighted by atomic mass is 10.1. The molecule has 0 aliphatic carbocycles. The summed E-state index contributed by atoms with van der Waals surface area (Å²) in [5.41, 5.74) is 0.841. The van der Waals surface area contributed by atoms with Gasteiger partial charge in [0.25, 0.3) is 5.91 Å². The number of esters is 1. The molecule has 0 spiro atoms. The highest BCUT2D eigenvalue weighted by molar-refractivity contribution is 7.13. The van der Waals surface area contributed by atoms with E-state index in [4.69, 9.17) is 9.47 Å². The smallest absolute Gasteiger partial charge is 0.417 e. The number of ether oxygens (including phenoxy) is 2. The third-order valence-electron chi connectivity index (χ3n) is 3.96. The Hall–Kier alpha value is -2.81. The van der Waals surface area contributed by atoms with Gasteiger partial charge < -0.3 is 9.47 Å². The van der Waals surface area contributed by atoms with Crippen molar-refractivity contribution in [3.63, 3.8) is 0 Å². The van der Waals surface area contributed by atoms with E-state index < -0.39 is 29.6 Å².